The molecule has 0 radical (unpaired) electrons. The van der Waals surface area contributed by atoms with E-state index in [1.165, 1.54) is 6.42 Å². The highest BCUT2D eigenvalue weighted by molar-refractivity contribution is 5.83. The molecule has 6 rings (SSSR count). The van der Waals surface area contributed by atoms with E-state index in [-0.39, 0.29) is 94.4 Å². The number of amides is 3. The summed E-state index contributed by atoms with van der Waals surface area (Å²) < 4.78 is 6.50. The Bertz CT molecular complexity index is 1490. The maximum atomic E-state index is 14.5. The number of hydrogen-bond acceptors (Lipinski definition) is 10. The van der Waals surface area contributed by atoms with Crippen LogP contribution in [0.3, 0.4) is 0 Å². The molecule has 5 N–H and O–H groups in total. The molecule has 0 aromatic carbocycles. The lowest BCUT2D eigenvalue weighted by atomic mass is 9.45. The fourth-order valence-electron chi connectivity index (χ4n) is 13.6. The van der Waals surface area contributed by atoms with Gasteiger partial charge < -0.3 is 40.7 Å². The molecule has 0 aromatic rings. The summed E-state index contributed by atoms with van der Waals surface area (Å²) in [6, 6.07) is -0.750. The molecule has 15 atom stereocenters. The van der Waals surface area contributed by atoms with Crippen molar-refractivity contribution in [3.05, 3.63) is 0 Å². The average Bonchev–Trinajstić information content (AvgIpc) is 3.54. The number of carbonyl (C=O) groups is 3. The summed E-state index contributed by atoms with van der Waals surface area (Å²) in [4.78, 5) is 54.3. The van der Waals surface area contributed by atoms with Gasteiger partial charge in [0, 0.05) is 68.5 Å². The van der Waals surface area contributed by atoms with Gasteiger partial charge in [0.1, 0.15) is 12.1 Å². The number of hydroxylamine groups is 2. The lowest BCUT2D eigenvalue weighted by molar-refractivity contribution is -0.193. The van der Waals surface area contributed by atoms with Crippen LogP contribution in [0, 0.1) is 69.5 Å². The first kappa shape index (κ1) is 53.1. The molecule has 6 fully saturated rings. The van der Waals surface area contributed by atoms with Crippen LogP contribution in [0.4, 0.5) is 0 Å². The number of carbonyl (C=O) groups excluding carboxylic acids is 3. The quantitative estimate of drug-likeness (QED) is 0.118. The minimum atomic E-state index is -0.874. The normalized spacial score (nSPS) is 36.0. The summed E-state index contributed by atoms with van der Waals surface area (Å²) in [7, 11) is 9.94. The second kappa shape index (κ2) is 21.6. The second-order valence-corrected chi connectivity index (χ2v) is 25.1. The maximum Gasteiger partial charge on any atom is 0.240 e. The molecule has 5 unspecified atom stereocenters. The van der Waals surface area contributed by atoms with E-state index < -0.39 is 24.2 Å². The Kier molecular flexibility index (Phi) is 17.9. The van der Waals surface area contributed by atoms with E-state index in [2.05, 4.69) is 88.1 Å². The van der Waals surface area contributed by atoms with Crippen molar-refractivity contribution in [3.63, 3.8) is 0 Å². The number of ether oxygens (including phenoxy) is 1. The van der Waals surface area contributed by atoms with Crippen LogP contribution in [0.15, 0.2) is 0 Å². The fourth-order valence-corrected chi connectivity index (χ4v) is 13.6. The average molecular weight is 903 g/mol. The van der Waals surface area contributed by atoms with E-state index >= 15 is 0 Å². The van der Waals surface area contributed by atoms with Crippen molar-refractivity contribution in [2.45, 2.75) is 176 Å². The van der Waals surface area contributed by atoms with Gasteiger partial charge in [0.15, 0.2) is 0 Å². The summed E-state index contributed by atoms with van der Waals surface area (Å²) in [5, 5.41) is 33.8. The van der Waals surface area contributed by atoms with E-state index in [0.717, 1.165) is 51.6 Å². The third-order valence-electron chi connectivity index (χ3n) is 16.4. The molecular formula is C51H94N6O7. The van der Waals surface area contributed by atoms with Crippen LogP contribution in [0.25, 0.3) is 0 Å². The van der Waals surface area contributed by atoms with Crippen molar-refractivity contribution in [2.24, 2.45) is 69.5 Å². The molecule has 6 aliphatic rings. The Labute approximate surface area is 388 Å². The van der Waals surface area contributed by atoms with Crippen molar-refractivity contribution in [1.82, 2.24) is 30.8 Å². The Hall–Kier alpha value is -1.87. The number of nitrogens with zero attached hydrogens (tertiary/aromatic N) is 3. The number of aliphatic hydroxyl groups excluding tert-OH is 2. The van der Waals surface area contributed by atoms with E-state index in [9.17, 15) is 24.6 Å². The molecule has 5 aliphatic carbocycles. The zero-order chi connectivity index (χ0) is 47.6. The van der Waals surface area contributed by atoms with Gasteiger partial charge >= 0.3 is 0 Å². The minimum Gasteiger partial charge on any atom is -0.394 e. The van der Waals surface area contributed by atoms with E-state index in [4.69, 9.17) is 9.57 Å². The second-order valence-electron chi connectivity index (χ2n) is 25.1. The third-order valence-corrected chi connectivity index (χ3v) is 16.4. The lowest BCUT2D eigenvalue weighted by Crippen LogP contribution is -2.62. The summed E-state index contributed by atoms with van der Waals surface area (Å²) in [5.74, 6) is 0.305. The number of methoxy groups -OCH3 is 1. The zero-order valence-corrected chi connectivity index (χ0v) is 42.9. The molecule has 1 aliphatic heterocycles. The minimum absolute atomic E-state index is 0.0119. The van der Waals surface area contributed by atoms with Gasteiger partial charge in [-0.1, -0.05) is 68.7 Å². The first-order chi connectivity index (χ1) is 29.7. The Morgan fingerprint density at radius 3 is 1.83 bits per heavy atom. The summed E-state index contributed by atoms with van der Waals surface area (Å²) in [6.45, 7) is 23.5. The van der Waals surface area contributed by atoms with E-state index in [1.807, 2.05) is 28.2 Å². The molecule has 13 heteroatoms. The zero-order valence-electron chi connectivity index (χ0n) is 42.9. The first-order valence-corrected chi connectivity index (χ1v) is 25.2. The van der Waals surface area contributed by atoms with Crippen LogP contribution in [0.5, 0.6) is 0 Å². The Balaban J connectivity index is 1.39. The Morgan fingerprint density at radius 2 is 1.39 bits per heavy atom. The van der Waals surface area contributed by atoms with Gasteiger partial charge in [-0.25, -0.2) is 0 Å². The summed E-state index contributed by atoms with van der Waals surface area (Å²) >= 11 is 0. The van der Waals surface area contributed by atoms with Crippen LogP contribution >= 0.6 is 0 Å². The Morgan fingerprint density at radius 1 is 0.844 bits per heavy atom. The standard InChI is InChI=1S/C51H94N6O7/c1-30-40-22-36(51(40,9)10)23-41(30)54-48(62)44-43(31(2)59)42(29-58)64-57(44)26-32-17-16-18-39(45(32)63-15)33-19-34(46(60)52-37(27-55(11)12)24-49(3,4)5)21-35(20-33)47(61)53-38(28-56(13)14)25-50(6,7)8/h30-45,58-59H,16-29H2,1-15H3,(H,52,60)(H,53,61)(H,54,62)/t30-,31-,32?,33?,34?,35?,36+,37-,38-,39?,40-,41-,42-,43-,44-,45?/m0/s1. The highest BCUT2D eigenvalue weighted by Gasteiger charge is 2.58. The van der Waals surface area contributed by atoms with Crippen molar-refractivity contribution >= 4 is 17.7 Å². The molecule has 0 spiro atoms. The molecule has 1 saturated heterocycles. The maximum absolute atomic E-state index is 14.5. The first-order valence-electron chi connectivity index (χ1n) is 25.2. The molecule has 2 bridgehead atoms. The number of fused-ring (bicyclic) bond motifs is 2. The van der Waals surface area contributed by atoms with Gasteiger partial charge in [0.05, 0.1) is 18.8 Å². The van der Waals surface area contributed by atoms with Gasteiger partial charge in [-0.2, -0.15) is 5.06 Å². The van der Waals surface area contributed by atoms with E-state index in [0.29, 0.717) is 43.6 Å². The largest absolute Gasteiger partial charge is 0.394 e. The van der Waals surface area contributed by atoms with Crippen molar-refractivity contribution in [3.8, 4) is 0 Å². The van der Waals surface area contributed by atoms with Crippen LogP contribution in [-0.2, 0) is 24.0 Å². The number of rotatable bonds is 18. The van der Waals surface area contributed by atoms with Gasteiger partial charge in [-0.3, -0.25) is 19.2 Å². The molecule has 370 valence electrons. The predicted octanol–water partition coefficient (Wildman–Crippen LogP) is 5.58. The van der Waals surface area contributed by atoms with Gasteiger partial charge in [0.2, 0.25) is 17.7 Å². The highest BCUT2D eigenvalue weighted by atomic mass is 16.7. The summed E-state index contributed by atoms with van der Waals surface area (Å²) in [6.07, 6.45) is 6.65. The highest BCUT2D eigenvalue weighted by Crippen LogP contribution is 2.61. The molecule has 64 heavy (non-hydrogen) atoms. The SMILES string of the molecule is COC1C(CN2O[C@@H](CO)[C@H]([C@H](C)O)[C@H]2C(=O)N[C@H]2C[C@H]3C[C@@H]([C@@H]2C)C3(C)C)CCCC1C1CC(C(=O)N[C@H](CN(C)C)CC(C)(C)C)CC(C(=O)N[C@H](CN(C)C)CC(C)(C)C)C1. The van der Waals surface area contributed by atoms with Gasteiger partial charge in [-0.15, -0.1) is 0 Å². The third kappa shape index (κ3) is 13.2. The number of likely N-dealkylation sites (N-methyl/N-ethyl adjacent to an activating group) is 2. The fraction of sp³-hybridized carbons (Fsp3) is 0.941. The van der Waals surface area contributed by atoms with Gasteiger partial charge in [0.25, 0.3) is 0 Å². The van der Waals surface area contributed by atoms with Crippen molar-refractivity contribution in [2.75, 3.05) is 61.5 Å². The van der Waals surface area contributed by atoms with Crippen LogP contribution < -0.4 is 16.0 Å². The van der Waals surface area contributed by atoms with Crippen molar-refractivity contribution < 1.29 is 34.2 Å². The van der Waals surface area contributed by atoms with Crippen molar-refractivity contribution in [1.29, 1.82) is 0 Å². The monoisotopic (exact) mass is 903 g/mol. The predicted molar refractivity (Wildman–Crippen MR) is 254 cm³/mol. The van der Waals surface area contributed by atoms with Crippen LogP contribution in [-0.4, -0.2) is 147 Å². The smallest absolute Gasteiger partial charge is 0.240 e. The molecule has 3 amide bonds. The van der Waals surface area contributed by atoms with Crippen LogP contribution in [0.2, 0.25) is 0 Å². The van der Waals surface area contributed by atoms with Gasteiger partial charge in [-0.05, 0) is 139 Å². The molecule has 5 saturated carbocycles. The lowest BCUT2D eigenvalue weighted by Gasteiger charge is -2.62. The molecule has 1 heterocycles. The number of aliphatic hydroxyl groups is 2. The van der Waals surface area contributed by atoms with Crippen LogP contribution in [0.1, 0.15) is 133 Å². The molecular weight excluding hydrogens is 809 g/mol. The summed E-state index contributed by atoms with van der Waals surface area (Å²) in [5.41, 5.74) is 0.340. The van der Waals surface area contributed by atoms with E-state index in [1.54, 1.807) is 19.1 Å². The molecule has 0 aromatic heterocycles. The number of nitrogens with one attached hydrogen (secondary N) is 3. The number of hydrogen-bond donors (Lipinski definition) is 5. The topological polar surface area (TPSA) is 156 Å². The molecule has 13 nitrogen and oxygen atoms in total.